The monoisotopic (exact) mass is 206 g/mol. The SMILES string of the molecule is CC(C)(O)c1nn2ccccc2c1CO. The highest BCUT2D eigenvalue weighted by Crippen LogP contribution is 2.25. The molecular weight excluding hydrogens is 192 g/mol. The smallest absolute Gasteiger partial charge is 0.103 e. The van der Waals surface area contributed by atoms with Crippen molar-refractivity contribution >= 4 is 5.52 Å². The second-order valence-corrected chi connectivity index (χ2v) is 4.07. The third-order valence-electron chi connectivity index (χ3n) is 2.38. The molecule has 2 heterocycles. The average molecular weight is 206 g/mol. The zero-order valence-electron chi connectivity index (χ0n) is 8.81. The summed E-state index contributed by atoms with van der Waals surface area (Å²) in [6, 6.07) is 5.60. The van der Waals surface area contributed by atoms with Gasteiger partial charge in [-0.2, -0.15) is 5.10 Å². The fraction of sp³-hybridized carbons (Fsp3) is 0.364. The van der Waals surface area contributed by atoms with E-state index in [4.69, 9.17) is 0 Å². The van der Waals surface area contributed by atoms with Gasteiger partial charge in [-0.1, -0.05) is 6.07 Å². The molecule has 0 aliphatic rings. The van der Waals surface area contributed by atoms with Crippen molar-refractivity contribution in [1.29, 1.82) is 0 Å². The molecule has 0 radical (unpaired) electrons. The minimum absolute atomic E-state index is 0.118. The van der Waals surface area contributed by atoms with Crippen molar-refractivity contribution in [2.45, 2.75) is 26.1 Å². The van der Waals surface area contributed by atoms with Crippen molar-refractivity contribution in [2.24, 2.45) is 0 Å². The largest absolute Gasteiger partial charge is 0.392 e. The zero-order valence-corrected chi connectivity index (χ0v) is 8.81. The van der Waals surface area contributed by atoms with E-state index in [0.29, 0.717) is 11.3 Å². The van der Waals surface area contributed by atoms with Gasteiger partial charge in [-0.3, -0.25) is 0 Å². The molecule has 0 bridgehead atoms. The molecule has 0 aromatic carbocycles. The van der Waals surface area contributed by atoms with Crippen LogP contribution < -0.4 is 0 Å². The molecule has 4 nitrogen and oxygen atoms in total. The summed E-state index contributed by atoms with van der Waals surface area (Å²) in [6.07, 6.45) is 1.80. The average Bonchev–Trinajstić information content (AvgIpc) is 2.55. The first-order chi connectivity index (χ1) is 7.04. The highest BCUT2D eigenvalue weighted by Gasteiger charge is 2.25. The molecule has 0 atom stereocenters. The van der Waals surface area contributed by atoms with Crippen LogP contribution in [0.15, 0.2) is 24.4 Å². The minimum atomic E-state index is -1.04. The number of aliphatic hydroxyl groups is 2. The minimum Gasteiger partial charge on any atom is -0.392 e. The normalized spacial score (nSPS) is 12.3. The van der Waals surface area contributed by atoms with Crippen LogP contribution in [-0.4, -0.2) is 19.8 Å². The first-order valence-electron chi connectivity index (χ1n) is 4.84. The molecule has 0 unspecified atom stereocenters. The third-order valence-corrected chi connectivity index (χ3v) is 2.38. The lowest BCUT2D eigenvalue weighted by molar-refractivity contribution is 0.0711. The maximum atomic E-state index is 9.92. The van der Waals surface area contributed by atoms with E-state index >= 15 is 0 Å². The Hall–Kier alpha value is -1.39. The third kappa shape index (κ3) is 1.62. The first kappa shape index (κ1) is 10.1. The quantitative estimate of drug-likeness (QED) is 0.772. The fourth-order valence-electron chi connectivity index (χ4n) is 1.70. The van der Waals surface area contributed by atoms with Gasteiger partial charge in [-0.05, 0) is 26.0 Å². The van der Waals surface area contributed by atoms with Crippen molar-refractivity contribution in [3.05, 3.63) is 35.7 Å². The van der Waals surface area contributed by atoms with Crippen LogP contribution in [0.2, 0.25) is 0 Å². The molecule has 0 saturated carbocycles. The molecule has 2 aromatic heterocycles. The molecule has 0 aliphatic heterocycles. The van der Waals surface area contributed by atoms with Gasteiger partial charge in [0.2, 0.25) is 0 Å². The molecule has 0 saturated heterocycles. The predicted molar refractivity (Wildman–Crippen MR) is 56.4 cm³/mol. The van der Waals surface area contributed by atoms with Crippen molar-refractivity contribution in [3.8, 4) is 0 Å². The number of hydrogen-bond donors (Lipinski definition) is 2. The standard InChI is InChI=1S/C11H14N2O2/c1-11(2,15)10-8(7-14)9-5-3-4-6-13(9)12-10/h3-6,14-15H,7H2,1-2H3. The first-order valence-corrected chi connectivity index (χ1v) is 4.84. The van der Waals surface area contributed by atoms with E-state index in [9.17, 15) is 10.2 Å². The van der Waals surface area contributed by atoms with Crippen molar-refractivity contribution in [3.63, 3.8) is 0 Å². The van der Waals surface area contributed by atoms with Crippen molar-refractivity contribution < 1.29 is 10.2 Å². The molecule has 2 N–H and O–H groups in total. The van der Waals surface area contributed by atoms with Crippen LogP contribution in [0.3, 0.4) is 0 Å². The number of nitrogens with zero attached hydrogens (tertiary/aromatic N) is 2. The summed E-state index contributed by atoms with van der Waals surface area (Å²) in [5.41, 5.74) is 1.00. The number of hydrogen-bond acceptors (Lipinski definition) is 3. The van der Waals surface area contributed by atoms with Crippen molar-refractivity contribution in [1.82, 2.24) is 9.61 Å². The Morgan fingerprint density at radius 2 is 2.13 bits per heavy atom. The lowest BCUT2D eigenvalue weighted by Gasteiger charge is -2.15. The molecule has 80 valence electrons. The predicted octanol–water partition coefficient (Wildman–Crippen LogP) is 1.05. The molecule has 4 heteroatoms. The van der Waals surface area contributed by atoms with E-state index in [1.54, 1.807) is 24.6 Å². The Balaban J connectivity index is 2.75. The molecule has 2 aromatic rings. The number of aliphatic hydroxyl groups excluding tert-OH is 1. The molecule has 0 amide bonds. The Morgan fingerprint density at radius 3 is 2.73 bits per heavy atom. The van der Waals surface area contributed by atoms with Gasteiger partial charge in [-0.15, -0.1) is 0 Å². The van der Waals surface area contributed by atoms with Crippen LogP contribution in [0.5, 0.6) is 0 Å². The molecule has 0 spiro atoms. The van der Waals surface area contributed by atoms with E-state index in [1.165, 1.54) is 0 Å². The van der Waals surface area contributed by atoms with Crippen LogP contribution >= 0.6 is 0 Å². The summed E-state index contributed by atoms with van der Waals surface area (Å²) >= 11 is 0. The van der Waals surface area contributed by atoms with E-state index in [-0.39, 0.29) is 6.61 Å². The van der Waals surface area contributed by atoms with Gasteiger partial charge in [-0.25, -0.2) is 4.52 Å². The second-order valence-electron chi connectivity index (χ2n) is 4.07. The summed E-state index contributed by atoms with van der Waals surface area (Å²) in [4.78, 5) is 0. The highest BCUT2D eigenvalue weighted by molar-refractivity contribution is 5.57. The van der Waals surface area contributed by atoms with Crippen LogP contribution in [0.25, 0.3) is 5.52 Å². The van der Waals surface area contributed by atoms with Gasteiger partial charge < -0.3 is 10.2 Å². The van der Waals surface area contributed by atoms with E-state index in [2.05, 4.69) is 5.10 Å². The Bertz CT molecular complexity index is 483. The van der Waals surface area contributed by atoms with Crippen LogP contribution in [0.4, 0.5) is 0 Å². The number of pyridine rings is 1. The van der Waals surface area contributed by atoms with Gasteiger partial charge in [0.1, 0.15) is 5.60 Å². The molecule has 15 heavy (non-hydrogen) atoms. The lowest BCUT2D eigenvalue weighted by Crippen LogP contribution is -2.18. The summed E-state index contributed by atoms with van der Waals surface area (Å²) in [5, 5.41) is 23.5. The highest BCUT2D eigenvalue weighted by atomic mass is 16.3. The van der Waals surface area contributed by atoms with Gasteiger partial charge in [0, 0.05) is 11.8 Å². The van der Waals surface area contributed by atoms with Crippen LogP contribution in [-0.2, 0) is 12.2 Å². The molecule has 2 rings (SSSR count). The van der Waals surface area contributed by atoms with E-state index in [0.717, 1.165) is 5.52 Å². The summed E-state index contributed by atoms with van der Waals surface area (Å²) in [5.74, 6) is 0. The summed E-state index contributed by atoms with van der Waals surface area (Å²) in [6.45, 7) is 3.20. The Labute approximate surface area is 87.8 Å². The second kappa shape index (κ2) is 3.32. The topological polar surface area (TPSA) is 57.8 Å². The molecular formula is C11H14N2O2. The summed E-state index contributed by atoms with van der Waals surface area (Å²) < 4.78 is 1.67. The van der Waals surface area contributed by atoms with Gasteiger partial charge >= 0.3 is 0 Å². The Morgan fingerprint density at radius 1 is 1.40 bits per heavy atom. The fourth-order valence-corrected chi connectivity index (χ4v) is 1.70. The molecule has 0 fully saturated rings. The van der Waals surface area contributed by atoms with Gasteiger partial charge in [0.05, 0.1) is 17.8 Å². The Kier molecular flexibility index (Phi) is 2.25. The number of fused-ring (bicyclic) bond motifs is 1. The number of rotatable bonds is 2. The maximum Gasteiger partial charge on any atom is 0.103 e. The summed E-state index contributed by atoms with van der Waals surface area (Å²) in [7, 11) is 0. The lowest BCUT2D eigenvalue weighted by atomic mass is 10.0. The molecule has 0 aliphatic carbocycles. The van der Waals surface area contributed by atoms with Crippen molar-refractivity contribution in [2.75, 3.05) is 0 Å². The van der Waals surface area contributed by atoms with Crippen LogP contribution in [0.1, 0.15) is 25.1 Å². The maximum absolute atomic E-state index is 9.92. The van der Waals surface area contributed by atoms with Gasteiger partial charge in [0.25, 0.3) is 0 Å². The number of aromatic nitrogens is 2. The van der Waals surface area contributed by atoms with Crippen LogP contribution in [0, 0.1) is 0 Å². The van der Waals surface area contributed by atoms with E-state index in [1.807, 2.05) is 18.2 Å². The zero-order chi connectivity index (χ0) is 11.1. The van der Waals surface area contributed by atoms with E-state index < -0.39 is 5.60 Å². The van der Waals surface area contributed by atoms with Gasteiger partial charge in [0.15, 0.2) is 0 Å².